The Balaban J connectivity index is 3.88. The predicted octanol–water partition coefficient (Wildman–Crippen LogP) is -0.0794. The number of hydrogen-bond acceptors (Lipinski definition) is 3. The molecule has 0 aliphatic rings. The van der Waals surface area contributed by atoms with Gasteiger partial charge in [-0.3, -0.25) is 4.79 Å². The molecule has 0 bridgehead atoms. The summed E-state index contributed by atoms with van der Waals surface area (Å²) >= 11 is 5.63. The van der Waals surface area contributed by atoms with Gasteiger partial charge >= 0.3 is 5.97 Å². The van der Waals surface area contributed by atoms with E-state index < -0.39 is 12.0 Å². The number of rotatable bonds is 4. The third-order valence-electron chi connectivity index (χ3n) is 0.937. The van der Waals surface area contributed by atoms with Gasteiger partial charge in [0.15, 0.2) is 0 Å². The first kappa shape index (κ1) is 11.0. The Hall–Kier alpha value is 0.0200. The van der Waals surface area contributed by atoms with Crippen molar-refractivity contribution < 1.29 is 14.7 Å². The Kier molecular flexibility index (Phi) is 5.65. The molecule has 0 saturated heterocycles. The molecule has 4 nitrogen and oxygen atoms in total. The van der Waals surface area contributed by atoms with Crippen LogP contribution < -0.4 is 5.32 Å². The normalized spacial score (nSPS) is 12.2. The summed E-state index contributed by atoms with van der Waals surface area (Å²) in [6.45, 7) is 0. The molecule has 0 spiro atoms. The molecule has 64 valence electrons. The molecule has 2 N–H and O–H groups in total. The molecule has 0 saturated carbocycles. The van der Waals surface area contributed by atoms with Gasteiger partial charge < -0.3 is 10.4 Å². The topological polar surface area (TPSA) is 66.4 Å². The van der Waals surface area contributed by atoms with Crippen LogP contribution in [0, 0.1) is 0 Å². The Labute approximate surface area is 83.3 Å². The van der Waals surface area contributed by atoms with Crippen LogP contribution >= 0.6 is 35.2 Å². The quantitative estimate of drug-likeness (QED) is 0.385. The predicted molar refractivity (Wildman–Crippen MR) is 52.3 cm³/mol. The zero-order chi connectivity index (χ0) is 8.85. The standard InChI is InChI=1S/C5H8INO3S/c6-1-4(8)7-3(2-11)5(9)10/h3,11H,1-2H2,(H,7,8)(H,9,10)/t3-/m0/s1. The van der Waals surface area contributed by atoms with Gasteiger partial charge in [-0.1, -0.05) is 22.6 Å². The highest BCUT2D eigenvalue weighted by molar-refractivity contribution is 14.1. The third kappa shape index (κ3) is 4.46. The largest absolute Gasteiger partial charge is 0.480 e. The van der Waals surface area contributed by atoms with E-state index in [2.05, 4.69) is 17.9 Å². The molecule has 0 aliphatic carbocycles. The molecule has 0 aliphatic heterocycles. The lowest BCUT2D eigenvalue weighted by Crippen LogP contribution is -2.42. The highest BCUT2D eigenvalue weighted by Crippen LogP contribution is 1.89. The smallest absolute Gasteiger partial charge is 0.327 e. The maximum Gasteiger partial charge on any atom is 0.327 e. The fraction of sp³-hybridized carbons (Fsp3) is 0.600. The van der Waals surface area contributed by atoms with Crippen LogP contribution in [-0.2, 0) is 9.59 Å². The molecule has 0 heterocycles. The third-order valence-corrected chi connectivity index (χ3v) is 2.00. The van der Waals surface area contributed by atoms with Crippen LogP contribution in [0.3, 0.4) is 0 Å². The van der Waals surface area contributed by atoms with Gasteiger partial charge in [-0.25, -0.2) is 4.79 Å². The summed E-state index contributed by atoms with van der Waals surface area (Å²) in [5, 5.41) is 10.7. The van der Waals surface area contributed by atoms with E-state index in [0.29, 0.717) is 0 Å². The summed E-state index contributed by atoms with van der Waals surface area (Å²) in [5.41, 5.74) is 0. The number of alkyl halides is 1. The van der Waals surface area contributed by atoms with E-state index in [1.165, 1.54) is 0 Å². The van der Waals surface area contributed by atoms with Crippen molar-refractivity contribution in [3.63, 3.8) is 0 Å². The minimum Gasteiger partial charge on any atom is -0.480 e. The van der Waals surface area contributed by atoms with E-state index in [1.54, 1.807) is 0 Å². The first-order valence-electron chi connectivity index (χ1n) is 2.80. The van der Waals surface area contributed by atoms with Crippen molar-refractivity contribution in [2.75, 3.05) is 10.2 Å². The second-order valence-corrected chi connectivity index (χ2v) is 2.90. The summed E-state index contributed by atoms with van der Waals surface area (Å²) in [5.74, 6) is -1.23. The monoisotopic (exact) mass is 289 g/mol. The highest BCUT2D eigenvalue weighted by atomic mass is 127. The van der Waals surface area contributed by atoms with E-state index in [9.17, 15) is 9.59 Å². The summed E-state index contributed by atoms with van der Waals surface area (Å²) < 4.78 is 0.259. The number of thiol groups is 1. The van der Waals surface area contributed by atoms with Gasteiger partial charge in [0.25, 0.3) is 0 Å². The summed E-state index contributed by atoms with van der Waals surface area (Å²) in [4.78, 5) is 21.0. The molecule has 0 aromatic heterocycles. The van der Waals surface area contributed by atoms with Gasteiger partial charge in [0.1, 0.15) is 6.04 Å². The summed E-state index contributed by atoms with van der Waals surface area (Å²) in [7, 11) is 0. The lowest BCUT2D eigenvalue weighted by atomic mass is 10.3. The van der Waals surface area contributed by atoms with Crippen molar-refractivity contribution in [1.82, 2.24) is 5.32 Å². The molecule has 0 radical (unpaired) electrons. The fourth-order valence-corrected chi connectivity index (χ4v) is 0.886. The van der Waals surface area contributed by atoms with E-state index >= 15 is 0 Å². The van der Waals surface area contributed by atoms with E-state index in [-0.39, 0.29) is 16.1 Å². The van der Waals surface area contributed by atoms with Gasteiger partial charge in [-0.15, -0.1) is 0 Å². The number of aliphatic carboxylic acids is 1. The zero-order valence-electron chi connectivity index (χ0n) is 5.58. The van der Waals surface area contributed by atoms with E-state index in [0.717, 1.165) is 0 Å². The van der Waals surface area contributed by atoms with Crippen LogP contribution in [0.1, 0.15) is 0 Å². The number of amides is 1. The number of nitrogens with one attached hydrogen (secondary N) is 1. The van der Waals surface area contributed by atoms with Gasteiger partial charge in [-0.05, 0) is 0 Å². The molecule has 0 aromatic carbocycles. The molecular weight excluding hydrogens is 281 g/mol. The minimum atomic E-state index is -1.06. The van der Waals surface area contributed by atoms with Gasteiger partial charge in [0.2, 0.25) is 5.91 Å². The Morgan fingerprint density at radius 1 is 1.64 bits per heavy atom. The fourth-order valence-electron chi connectivity index (χ4n) is 0.418. The average Bonchev–Trinajstić information content (AvgIpc) is 1.99. The second-order valence-electron chi connectivity index (χ2n) is 1.77. The molecule has 6 heteroatoms. The number of carbonyl (C=O) groups is 2. The number of carbonyl (C=O) groups excluding carboxylic acids is 1. The molecule has 0 unspecified atom stereocenters. The van der Waals surface area contributed by atoms with Crippen molar-refractivity contribution in [2.24, 2.45) is 0 Å². The van der Waals surface area contributed by atoms with Crippen molar-refractivity contribution >= 4 is 47.1 Å². The summed E-state index contributed by atoms with van der Waals surface area (Å²) in [6.07, 6.45) is 0. The van der Waals surface area contributed by atoms with Crippen LogP contribution in [0.4, 0.5) is 0 Å². The molecule has 0 aromatic rings. The molecule has 11 heavy (non-hydrogen) atoms. The van der Waals surface area contributed by atoms with E-state index in [1.807, 2.05) is 22.6 Å². The number of hydrogen-bond donors (Lipinski definition) is 3. The lowest BCUT2D eigenvalue weighted by molar-refractivity contribution is -0.140. The molecule has 0 rings (SSSR count). The van der Waals surface area contributed by atoms with Gasteiger partial charge in [-0.2, -0.15) is 12.6 Å². The van der Waals surface area contributed by atoms with Crippen LogP contribution in [0.15, 0.2) is 0 Å². The van der Waals surface area contributed by atoms with Gasteiger partial charge in [0.05, 0.1) is 4.43 Å². The highest BCUT2D eigenvalue weighted by Gasteiger charge is 2.16. The van der Waals surface area contributed by atoms with Crippen LogP contribution in [-0.4, -0.2) is 33.2 Å². The minimum absolute atomic E-state index is 0.109. The maximum absolute atomic E-state index is 10.7. The van der Waals surface area contributed by atoms with Crippen molar-refractivity contribution in [3.8, 4) is 0 Å². The van der Waals surface area contributed by atoms with Crippen LogP contribution in [0.2, 0.25) is 0 Å². The SMILES string of the molecule is O=C(CI)N[C@@H](CS)C(=O)O. The molecule has 0 fully saturated rings. The first-order valence-corrected chi connectivity index (χ1v) is 4.96. The lowest BCUT2D eigenvalue weighted by Gasteiger charge is -2.09. The van der Waals surface area contributed by atoms with E-state index in [4.69, 9.17) is 5.11 Å². The zero-order valence-corrected chi connectivity index (χ0v) is 8.63. The van der Waals surface area contributed by atoms with Crippen LogP contribution in [0.25, 0.3) is 0 Å². The summed E-state index contributed by atoms with van der Waals surface area (Å²) in [6, 6.07) is -0.874. The van der Waals surface area contributed by atoms with Crippen molar-refractivity contribution in [2.45, 2.75) is 6.04 Å². The van der Waals surface area contributed by atoms with Crippen LogP contribution in [0.5, 0.6) is 0 Å². The molecule has 1 amide bonds. The number of carboxylic acids is 1. The average molecular weight is 289 g/mol. The number of halogens is 1. The first-order chi connectivity index (χ1) is 5.11. The Morgan fingerprint density at radius 2 is 2.18 bits per heavy atom. The molecular formula is C5H8INO3S. The maximum atomic E-state index is 10.7. The second kappa shape index (κ2) is 5.64. The van der Waals surface area contributed by atoms with Gasteiger partial charge in [0, 0.05) is 5.75 Å². The molecule has 1 atom stereocenters. The Bertz CT molecular complexity index is 164. The Morgan fingerprint density at radius 3 is 2.45 bits per heavy atom. The van der Waals surface area contributed by atoms with Crippen molar-refractivity contribution in [1.29, 1.82) is 0 Å². The van der Waals surface area contributed by atoms with Crippen molar-refractivity contribution in [3.05, 3.63) is 0 Å². The number of carboxylic acid groups (broad SMARTS) is 1.